The Morgan fingerprint density at radius 1 is 1.06 bits per heavy atom. The molecule has 0 bridgehead atoms. The van der Waals surface area contributed by atoms with Crippen molar-refractivity contribution in [2.45, 2.75) is 32.4 Å². The summed E-state index contributed by atoms with van der Waals surface area (Å²) in [7, 11) is 0. The normalized spacial score (nSPS) is 23.0. The Morgan fingerprint density at radius 2 is 1.50 bits per heavy atom. The van der Waals surface area contributed by atoms with E-state index in [-0.39, 0.29) is 12.1 Å². The van der Waals surface area contributed by atoms with Crippen molar-refractivity contribution in [2.75, 3.05) is 26.3 Å². The van der Waals surface area contributed by atoms with Crippen LogP contribution in [0.15, 0.2) is 0 Å². The van der Waals surface area contributed by atoms with Crippen LogP contribution >= 0.6 is 0 Å². The summed E-state index contributed by atoms with van der Waals surface area (Å²) < 4.78 is 9.62. The lowest BCUT2D eigenvalue weighted by Crippen LogP contribution is -2.55. The first-order valence-corrected chi connectivity index (χ1v) is 6.23. The van der Waals surface area contributed by atoms with E-state index in [9.17, 15) is 9.59 Å². The number of alkyl carbamates (subject to hydrolysis) is 2. The highest BCUT2D eigenvalue weighted by Gasteiger charge is 2.24. The molecule has 1 heterocycles. The van der Waals surface area contributed by atoms with Gasteiger partial charge in [0, 0.05) is 25.2 Å². The van der Waals surface area contributed by atoms with E-state index in [1.807, 2.05) is 0 Å². The lowest BCUT2D eigenvalue weighted by atomic mass is 10.0. The number of piperidine rings is 1. The molecule has 2 atom stereocenters. The fraction of sp³-hybridized carbons (Fsp3) is 0.818. The molecule has 104 valence electrons. The molecule has 0 aromatic heterocycles. The second-order valence-electron chi connectivity index (χ2n) is 4.02. The minimum Gasteiger partial charge on any atom is -0.450 e. The predicted molar refractivity (Wildman–Crippen MR) is 65.4 cm³/mol. The first-order chi connectivity index (χ1) is 8.65. The van der Waals surface area contributed by atoms with Gasteiger partial charge in [-0.15, -0.1) is 0 Å². The van der Waals surface area contributed by atoms with Crippen molar-refractivity contribution >= 4 is 12.2 Å². The summed E-state index contributed by atoms with van der Waals surface area (Å²) in [5, 5.41) is 8.62. The largest absolute Gasteiger partial charge is 0.450 e. The Morgan fingerprint density at radius 3 is 1.89 bits per heavy atom. The summed E-state index contributed by atoms with van der Waals surface area (Å²) in [6.45, 7) is 5.53. The molecule has 18 heavy (non-hydrogen) atoms. The number of rotatable bonds is 4. The summed E-state index contributed by atoms with van der Waals surface area (Å²) in [5.74, 6) is 0. The molecule has 7 nitrogen and oxygen atoms in total. The van der Waals surface area contributed by atoms with Crippen molar-refractivity contribution in [1.29, 1.82) is 0 Å². The third-order valence-electron chi connectivity index (χ3n) is 2.55. The third-order valence-corrected chi connectivity index (χ3v) is 2.55. The molecular formula is C11H21N3O4. The van der Waals surface area contributed by atoms with Crippen LogP contribution in [0.25, 0.3) is 0 Å². The van der Waals surface area contributed by atoms with Crippen molar-refractivity contribution in [3.63, 3.8) is 0 Å². The minimum absolute atomic E-state index is 0.0512. The van der Waals surface area contributed by atoms with Gasteiger partial charge >= 0.3 is 12.2 Å². The molecule has 0 saturated carbocycles. The van der Waals surface area contributed by atoms with Gasteiger partial charge in [0.2, 0.25) is 0 Å². The lowest BCUT2D eigenvalue weighted by Gasteiger charge is -2.30. The van der Waals surface area contributed by atoms with Crippen molar-refractivity contribution in [2.24, 2.45) is 0 Å². The van der Waals surface area contributed by atoms with E-state index < -0.39 is 12.2 Å². The first kappa shape index (κ1) is 14.6. The number of ether oxygens (including phenoxy) is 2. The summed E-state index contributed by atoms with van der Waals surface area (Å²) in [4.78, 5) is 22.5. The van der Waals surface area contributed by atoms with Gasteiger partial charge in [-0.1, -0.05) is 0 Å². The van der Waals surface area contributed by atoms with Crippen LogP contribution in [0, 0.1) is 0 Å². The van der Waals surface area contributed by atoms with E-state index in [0.29, 0.717) is 32.7 Å². The summed E-state index contributed by atoms with van der Waals surface area (Å²) in [5.41, 5.74) is 0. The molecule has 0 radical (unpaired) electrons. The molecule has 1 rings (SSSR count). The zero-order chi connectivity index (χ0) is 13.4. The Hall–Kier alpha value is -1.50. The zero-order valence-corrected chi connectivity index (χ0v) is 10.8. The van der Waals surface area contributed by atoms with E-state index in [1.165, 1.54) is 0 Å². The Labute approximate surface area is 107 Å². The summed E-state index contributed by atoms with van der Waals surface area (Å²) in [6.07, 6.45) is -0.202. The van der Waals surface area contributed by atoms with Crippen LogP contribution in [0.3, 0.4) is 0 Å². The first-order valence-electron chi connectivity index (χ1n) is 6.23. The Kier molecular flexibility index (Phi) is 6.27. The molecule has 1 saturated heterocycles. The van der Waals surface area contributed by atoms with Gasteiger partial charge in [-0.3, -0.25) is 0 Å². The predicted octanol–water partition coefficient (Wildman–Crippen LogP) is 0.209. The molecule has 0 aliphatic carbocycles. The number of carbonyl (C=O) groups is 2. The minimum atomic E-state index is -0.430. The van der Waals surface area contributed by atoms with Crippen LogP contribution in [0.2, 0.25) is 0 Å². The third kappa shape index (κ3) is 5.22. The van der Waals surface area contributed by atoms with Crippen molar-refractivity contribution in [3.05, 3.63) is 0 Å². The second-order valence-corrected chi connectivity index (χ2v) is 4.02. The lowest BCUT2D eigenvalue weighted by molar-refractivity contribution is 0.138. The Balaban J connectivity index is 2.31. The number of hydrogen-bond donors (Lipinski definition) is 3. The van der Waals surface area contributed by atoms with Crippen LogP contribution < -0.4 is 16.0 Å². The number of hydrogen-bond acceptors (Lipinski definition) is 5. The van der Waals surface area contributed by atoms with Crippen LogP contribution in [-0.4, -0.2) is 50.6 Å². The fourth-order valence-electron chi connectivity index (χ4n) is 1.84. The van der Waals surface area contributed by atoms with Crippen LogP contribution in [0.1, 0.15) is 20.3 Å². The molecule has 0 aromatic carbocycles. The molecule has 0 aromatic rings. The molecule has 7 heteroatoms. The molecule has 3 N–H and O–H groups in total. The van der Waals surface area contributed by atoms with Gasteiger partial charge in [0.25, 0.3) is 0 Å². The van der Waals surface area contributed by atoms with Gasteiger partial charge in [0.15, 0.2) is 0 Å². The van der Waals surface area contributed by atoms with Crippen molar-refractivity contribution in [1.82, 2.24) is 16.0 Å². The van der Waals surface area contributed by atoms with Crippen LogP contribution in [0.5, 0.6) is 0 Å². The Bertz CT molecular complexity index is 259. The van der Waals surface area contributed by atoms with Gasteiger partial charge in [-0.2, -0.15) is 0 Å². The van der Waals surface area contributed by atoms with Gasteiger partial charge < -0.3 is 25.4 Å². The monoisotopic (exact) mass is 259 g/mol. The smallest absolute Gasteiger partial charge is 0.407 e. The van der Waals surface area contributed by atoms with Crippen molar-refractivity contribution in [3.8, 4) is 0 Å². The van der Waals surface area contributed by atoms with Crippen LogP contribution in [-0.2, 0) is 9.47 Å². The van der Waals surface area contributed by atoms with E-state index in [0.717, 1.165) is 0 Å². The second kappa shape index (κ2) is 7.75. The topological polar surface area (TPSA) is 88.7 Å². The van der Waals surface area contributed by atoms with E-state index in [2.05, 4.69) is 16.0 Å². The maximum absolute atomic E-state index is 11.3. The van der Waals surface area contributed by atoms with Gasteiger partial charge in [-0.25, -0.2) is 9.59 Å². The van der Waals surface area contributed by atoms with Gasteiger partial charge in [-0.05, 0) is 20.3 Å². The molecule has 1 aliphatic heterocycles. The van der Waals surface area contributed by atoms with Gasteiger partial charge in [0.1, 0.15) is 0 Å². The molecule has 1 fully saturated rings. The van der Waals surface area contributed by atoms with E-state index in [1.54, 1.807) is 13.8 Å². The maximum Gasteiger partial charge on any atom is 0.407 e. The molecular weight excluding hydrogens is 238 g/mol. The highest BCUT2D eigenvalue weighted by molar-refractivity contribution is 5.68. The standard InChI is InChI=1S/C11H21N3O4/c1-3-17-10(15)13-8-5-9(7-12-6-8)14-11(16)18-4-2/h8-9,12H,3-7H2,1-2H3,(H,13,15)(H,14,16). The number of amides is 2. The highest BCUT2D eigenvalue weighted by Crippen LogP contribution is 2.04. The van der Waals surface area contributed by atoms with E-state index in [4.69, 9.17) is 9.47 Å². The van der Waals surface area contributed by atoms with Gasteiger partial charge in [0.05, 0.1) is 13.2 Å². The van der Waals surface area contributed by atoms with E-state index >= 15 is 0 Å². The molecule has 2 unspecified atom stereocenters. The quantitative estimate of drug-likeness (QED) is 0.671. The molecule has 1 aliphatic rings. The average Bonchev–Trinajstić information content (AvgIpc) is 2.29. The summed E-state index contributed by atoms with van der Waals surface area (Å²) >= 11 is 0. The molecule has 2 amide bonds. The fourth-order valence-corrected chi connectivity index (χ4v) is 1.84. The highest BCUT2D eigenvalue weighted by atomic mass is 16.6. The molecule has 0 spiro atoms. The number of carbonyl (C=O) groups excluding carboxylic acids is 2. The SMILES string of the molecule is CCOC(=O)NC1CNCC(NC(=O)OCC)C1. The van der Waals surface area contributed by atoms with Crippen LogP contribution in [0.4, 0.5) is 9.59 Å². The summed E-state index contributed by atoms with van der Waals surface area (Å²) in [6, 6.07) is -0.102. The maximum atomic E-state index is 11.3. The zero-order valence-electron chi connectivity index (χ0n) is 10.8. The van der Waals surface area contributed by atoms with Crippen molar-refractivity contribution < 1.29 is 19.1 Å². The number of nitrogens with one attached hydrogen (secondary N) is 3. The average molecular weight is 259 g/mol.